The van der Waals surface area contributed by atoms with E-state index in [1.165, 1.54) is 49.3 Å². The molecule has 6 rings (SSSR count). The number of amides is 1. The molecule has 0 N–H and O–H groups in total. The molecule has 1 amide bonds. The molecule has 176 valence electrons. The van der Waals surface area contributed by atoms with Crippen molar-refractivity contribution in [2.75, 3.05) is 17.2 Å². The van der Waals surface area contributed by atoms with Crippen LogP contribution in [0.15, 0.2) is 29.3 Å². The van der Waals surface area contributed by atoms with Gasteiger partial charge in [-0.3, -0.25) is 14.7 Å². The molecule has 4 nitrogen and oxygen atoms in total. The van der Waals surface area contributed by atoms with Gasteiger partial charge in [-0.25, -0.2) is 0 Å². The van der Waals surface area contributed by atoms with Crippen LogP contribution < -0.4 is 4.90 Å². The van der Waals surface area contributed by atoms with Crippen molar-refractivity contribution >= 4 is 40.9 Å². The van der Waals surface area contributed by atoms with E-state index in [1.807, 2.05) is 16.7 Å². The minimum absolute atomic E-state index is 0. The minimum Gasteiger partial charge on any atom is -0.330 e. The average molecular weight is 476 g/mol. The number of amidine groups is 1. The Morgan fingerprint density at radius 2 is 1.69 bits per heavy atom. The van der Waals surface area contributed by atoms with E-state index < -0.39 is 0 Å². The number of hydrogen-bond acceptors (Lipinski definition) is 3. The van der Waals surface area contributed by atoms with Crippen LogP contribution in [-0.4, -0.2) is 40.0 Å². The first kappa shape index (κ1) is 23.9. The van der Waals surface area contributed by atoms with Gasteiger partial charge in [-0.2, -0.15) is 0 Å². The molecule has 1 atom stereocenters. The van der Waals surface area contributed by atoms with Gasteiger partial charge in [0.15, 0.2) is 5.17 Å². The summed E-state index contributed by atoms with van der Waals surface area (Å²) < 4.78 is 0. The number of benzene rings is 1. The zero-order valence-corrected chi connectivity index (χ0v) is 21.4. The molecule has 1 saturated heterocycles. The number of nitrogens with zero attached hydrogens (tertiary/aromatic N) is 3. The summed E-state index contributed by atoms with van der Waals surface area (Å²) in [6.45, 7) is 7.06. The van der Waals surface area contributed by atoms with Crippen molar-refractivity contribution in [2.24, 2.45) is 22.7 Å². The van der Waals surface area contributed by atoms with Crippen LogP contribution in [0.2, 0.25) is 0 Å². The molecule has 1 aromatic rings. The molecule has 5 aliphatic rings. The first-order valence-corrected chi connectivity index (χ1v) is 13.4. The number of carbonyl (C=O) groups is 1. The fourth-order valence-corrected chi connectivity index (χ4v) is 8.37. The second kappa shape index (κ2) is 9.58. The summed E-state index contributed by atoms with van der Waals surface area (Å²) in [5.74, 6) is 3.74. The average Bonchev–Trinajstić information content (AvgIpc) is 3.09. The van der Waals surface area contributed by atoms with Crippen LogP contribution in [0.25, 0.3) is 0 Å². The van der Waals surface area contributed by atoms with E-state index in [0.29, 0.717) is 0 Å². The Balaban J connectivity index is 0.00000245. The van der Waals surface area contributed by atoms with Crippen LogP contribution in [-0.2, 0) is 11.2 Å². The quantitative estimate of drug-likeness (QED) is 0.496. The molecule has 0 radical (unpaired) electrons. The Hall–Kier alpha value is -1.20. The number of carbonyl (C=O) groups excluding carboxylic acids is 1. The molecule has 5 fully saturated rings. The SMILES string of the molecule is CCCN1C(=NC23CC4CC(CC(C4)C2)C3)SCC1N(C(C)=O)c1ccc(CC)cc1.Cl. The molecule has 0 spiro atoms. The molecule has 1 aromatic carbocycles. The maximum absolute atomic E-state index is 12.8. The minimum atomic E-state index is 0. The summed E-state index contributed by atoms with van der Waals surface area (Å²) in [4.78, 5) is 22.8. The predicted octanol–water partition coefficient (Wildman–Crippen LogP) is 6.13. The van der Waals surface area contributed by atoms with E-state index in [1.54, 1.807) is 6.92 Å². The maximum Gasteiger partial charge on any atom is 0.225 e. The third kappa shape index (κ3) is 4.44. The van der Waals surface area contributed by atoms with Crippen molar-refractivity contribution in [1.82, 2.24) is 4.90 Å². The highest BCUT2D eigenvalue weighted by Crippen LogP contribution is 2.57. The highest BCUT2D eigenvalue weighted by atomic mass is 35.5. The monoisotopic (exact) mass is 475 g/mol. The van der Waals surface area contributed by atoms with Gasteiger partial charge in [0, 0.05) is 24.9 Å². The van der Waals surface area contributed by atoms with Gasteiger partial charge in [0.1, 0.15) is 6.17 Å². The number of aryl methyl sites for hydroxylation is 1. The molecule has 32 heavy (non-hydrogen) atoms. The van der Waals surface area contributed by atoms with Gasteiger partial charge in [0.25, 0.3) is 0 Å². The van der Waals surface area contributed by atoms with Gasteiger partial charge >= 0.3 is 0 Å². The lowest BCUT2D eigenvalue weighted by Gasteiger charge is -2.55. The van der Waals surface area contributed by atoms with Crippen molar-refractivity contribution in [1.29, 1.82) is 0 Å². The molecule has 4 aliphatic carbocycles. The topological polar surface area (TPSA) is 35.9 Å². The van der Waals surface area contributed by atoms with Crippen molar-refractivity contribution in [2.45, 2.75) is 83.8 Å². The summed E-state index contributed by atoms with van der Waals surface area (Å²) in [6, 6.07) is 8.54. The van der Waals surface area contributed by atoms with E-state index >= 15 is 0 Å². The number of hydrogen-bond donors (Lipinski definition) is 0. The second-order valence-corrected chi connectivity index (χ2v) is 11.4. The Morgan fingerprint density at radius 1 is 1.09 bits per heavy atom. The van der Waals surface area contributed by atoms with Gasteiger partial charge in [-0.15, -0.1) is 12.4 Å². The van der Waals surface area contributed by atoms with E-state index in [-0.39, 0.29) is 30.0 Å². The fourth-order valence-electron chi connectivity index (χ4n) is 7.11. The smallest absolute Gasteiger partial charge is 0.225 e. The van der Waals surface area contributed by atoms with Crippen molar-refractivity contribution in [3.8, 4) is 0 Å². The summed E-state index contributed by atoms with van der Waals surface area (Å²) >= 11 is 1.88. The molecule has 1 heterocycles. The van der Waals surface area contributed by atoms with Crippen LogP contribution in [0.3, 0.4) is 0 Å². The Morgan fingerprint density at radius 3 is 2.19 bits per heavy atom. The molecular weight excluding hydrogens is 438 g/mol. The van der Waals surface area contributed by atoms with Gasteiger partial charge in [-0.05, 0) is 86.8 Å². The van der Waals surface area contributed by atoms with Crippen molar-refractivity contribution in [3.05, 3.63) is 29.8 Å². The van der Waals surface area contributed by atoms with Gasteiger partial charge in [0.05, 0.1) is 5.54 Å². The molecule has 4 saturated carbocycles. The van der Waals surface area contributed by atoms with E-state index in [9.17, 15) is 4.79 Å². The van der Waals surface area contributed by atoms with Gasteiger partial charge in [0.2, 0.25) is 5.91 Å². The zero-order valence-electron chi connectivity index (χ0n) is 19.8. The van der Waals surface area contributed by atoms with E-state index in [4.69, 9.17) is 4.99 Å². The number of aliphatic imine (C=N–C) groups is 1. The largest absolute Gasteiger partial charge is 0.330 e. The van der Waals surface area contributed by atoms with Crippen LogP contribution in [0.1, 0.15) is 71.3 Å². The van der Waals surface area contributed by atoms with Crippen LogP contribution >= 0.6 is 24.2 Å². The van der Waals surface area contributed by atoms with Gasteiger partial charge in [-0.1, -0.05) is 37.7 Å². The molecule has 0 aromatic heterocycles. The first-order chi connectivity index (χ1) is 15.0. The first-order valence-electron chi connectivity index (χ1n) is 12.4. The normalized spacial score (nSPS) is 34.1. The number of thioether (sulfide) groups is 1. The lowest BCUT2D eigenvalue weighted by Crippen LogP contribution is -2.52. The Bertz CT molecular complexity index is 820. The molecule has 1 aliphatic heterocycles. The molecule has 1 unspecified atom stereocenters. The number of rotatable bonds is 6. The Kier molecular flexibility index (Phi) is 7.17. The number of anilines is 1. The molecule has 4 bridgehead atoms. The summed E-state index contributed by atoms with van der Waals surface area (Å²) in [5, 5.41) is 1.20. The zero-order chi connectivity index (χ0) is 21.6. The second-order valence-electron chi connectivity index (χ2n) is 10.4. The lowest BCUT2D eigenvalue weighted by molar-refractivity contribution is -0.117. The van der Waals surface area contributed by atoms with E-state index in [2.05, 4.69) is 43.0 Å². The van der Waals surface area contributed by atoms with Crippen LogP contribution in [0.4, 0.5) is 5.69 Å². The molecular formula is C26H38ClN3OS. The maximum atomic E-state index is 12.8. The summed E-state index contributed by atoms with van der Waals surface area (Å²) in [7, 11) is 0. The molecule has 6 heteroatoms. The highest BCUT2D eigenvalue weighted by molar-refractivity contribution is 8.14. The van der Waals surface area contributed by atoms with Crippen LogP contribution in [0, 0.1) is 17.8 Å². The number of halogens is 1. The predicted molar refractivity (Wildman–Crippen MR) is 138 cm³/mol. The fraction of sp³-hybridized carbons (Fsp3) is 0.692. The van der Waals surface area contributed by atoms with Crippen molar-refractivity contribution in [3.63, 3.8) is 0 Å². The highest BCUT2D eigenvalue weighted by Gasteiger charge is 2.52. The summed E-state index contributed by atoms with van der Waals surface area (Å²) in [6.07, 6.45) is 10.4. The Labute approximate surface area is 204 Å². The lowest BCUT2D eigenvalue weighted by atomic mass is 9.53. The van der Waals surface area contributed by atoms with Crippen LogP contribution in [0.5, 0.6) is 0 Å². The third-order valence-corrected chi connectivity index (χ3v) is 9.08. The van der Waals surface area contributed by atoms with E-state index in [0.717, 1.165) is 48.6 Å². The van der Waals surface area contributed by atoms with Gasteiger partial charge < -0.3 is 4.90 Å². The third-order valence-electron chi connectivity index (χ3n) is 8.03. The standard InChI is InChI=1S/C26H37N3OS.ClH/c1-4-10-28-24(29(18(3)30)23-8-6-19(5-2)7-9-23)17-31-25(28)27-26-14-20-11-21(15-26)13-22(12-20)16-26;/h6-9,20-22,24H,4-5,10-17H2,1-3H3;1H. The summed E-state index contributed by atoms with van der Waals surface area (Å²) in [5.41, 5.74) is 2.50. The van der Waals surface area contributed by atoms with Crippen molar-refractivity contribution < 1.29 is 4.79 Å².